The summed E-state index contributed by atoms with van der Waals surface area (Å²) in [7, 11) is 1.66. The molecule has 4 heteroatoms. The smallest absolute Gasteiger partial charge is 0.0916 e. The van der Waals surface area contributed by atoms with E-state index in [1.54, 1.807) is 18.4 Å². The zero-order chi connectivity index (χ0) is 10.4. The number of hydrogen-bond donors (Lipinski definition) is 1. The van der Waals surface area contributed by atoms with Crippen molar-refractivity contribution in [2.75, 3.05) is 20.3 Å². The number of ether oxygens (including phenoxy) is 1. The summed E-state index contributed by atoms with van der Waals surface area (Å²) in [5.41, 5.74) is 4.30. The summed E-state index contributed by atoms with van der Waals surface area (Å²) < 4.78 is 4.88. The van der Waals surface area contributed by atoms with E-state index >= 15 is 0 Å². The summed E-state index contributed by atoms with van der Waals surface area (Å²) in [6.45, 7) is 5.39. The predicted molar refractivity (Wildman–Crippen MR) is 58.4 cm³/mol. The van der Waals surface area contributed by atoms with E-state index in [1.807, 2.05) is 0 Å². The topological polar surface area (TPSA) is 30.5 Å². The standard InChI is InChI=1S/C10H17NO2S/c1-8-4-7-14-10(8)9(2)11-13-6-5-12-3/h4,7,9,11H,5-6H2,1-3H3. The third-order valence-corrected chi connectivity index (χ3v) is 3.15. The molecule has 3 nitrogen and oxygen atoms in total. The first-order chi connectivity index (χ1) is 6.75. The maximum atomic E-state index is 5.25. The Morgan fingerprint density at radius 3 is 2.86 bits per heavy atom. The van der Waals surface area contributed by atoms with Crippen molar-refractivity contribution in [3.63, 3.8) is 0 Å². The molecule has 0 aliphatic heterocycles. The SMILES string of the molecule is COCCONC(C)c1sccc1C. The molecule has 1 N–H and O–H groups in total. The highest BCUT2D eigenvalue weighted by Crippen LogP contribution is 2.23. The molecule has 1 unspecified atom stereocenters. The van der Waals surface area contributed by atoms with Crippen LogP contribution in [-0.4, -0.2) is 20.3 Å². The van der Waals surface area contributed by atoms with Gasteiger partial charge in [-0.15, -0.1) is 11.3 Å². The molecule has 1 aromatic rings. The molecule has 0 saturated heterocycles. The molecule has 0 bridgehead atoms. The Bertz CT molecular complexity index is 262. The number of hydroxylamine groups is 1. The van der Waals surface area contributed by atoms with Gasteiger partial charge in [-0.1, -0.05) is 0 Å². The second kappa shape index (κ2) is 6.14. The van der Waals surface area contributed by atoms with Crippen molar-refractivity contribution in [2.45, 2.75) is 19.9 Å². The minimum Gasteiger partial charge on any atom is -0.382 e. The minimum absolute atomic E-state index is 0.242. The van der Waals surface area contributed by atoms with Gasteiger partial charge in [0, 0.05) is 12.0 Å². The van der Waals surface area contributed by atoms with Gasteiger partial charge in [0.15, 0.2) is 0 Å². The Morgan fingerprint density at radius 1 is 1.50 bits per heavy atom. The van der Waals surface area contributed by atoms with E-state index in [-0.39, 0.29) is 6.04 Å². The number of hydrogen-bond acceptors (Lipinski definition) is 4. The maximum Gasteiger partial charge on any atom is 0.0916 e. The van der Waals surface area contributed by atoms with E-state index in [4.69, 9.17) is 9.57 Å². The lowest BCUT2D eigenvalue weighted by molar-refractivity contribution is -0.00876. The van der Waals surface area contributed by atoms with Crippen LogP contribution in [0.4, 0.5) is 0 Å². The van der Waals surface area contributed by atoms with Crippen LogP contribution >= 0.6 is 11.3 Å². The van der Waals surface area contributed by atoms with Crippen LogP contribution in [0, 0.1) is 6.92 Å². The van der Waals surface area contributed by atoms with Crippen molar-refractivity contribution < 1.29 is 9.57 Å². The lowest BCUT2D eigenvalue weighted by Gasteiger charge is -2.12. The Balaban J connectivity index is 2.28. The molecule has 0 aliphatic carbocycles. The Kier molecular flexibility index (Phi) is 5.11. The van der Waals surface area contributed by atoms with Gasteiger partial charge < -0.3 is 4.74 Å². The van der Waals surface area contributed by atoms with Crippen molar-refractivity contribution >= 4 is 11.3 Å². The molecule has 0 fully saturated rings. The molecular formula is C10H17NO2S. The molecular weight excluding hydrogens is 198 g/mol. The summed E-state index contributed by atoms with van der Waals surface area (Å²) in [6.07, 6.45) is 0. The van der Waals surface area contributed by atoms with Crippen molar-refractivity contribution in [3.05, 3.63) is 21.9 Å². The number of thiophene rings is 1. The van der Waals surface area contributed by atoms with Crippen LogP contribution in [0.15, 0.2) is 11.4 Å². The third kappa shape index (κ3) is 3.38. The van der Waals surface area contributed by atoms with E-state index in [1.165, 1.54) is 10.4 Å². The van der Waals surface area contributed by atoms with Gasteiger partial charge >= 0.3 is 0 Å². The largest absolute Gasteiger partial charge is 0.382 e. The monoisotopic (exact) mass is 215 g/mol. The molecule has 14 heavy (non-hydrogen) atoms. The molecule has 0 spiro atoms. The van der Waals surface area contributed by atoms with Crippen LogP contribution in [-0.2, 0) is 9.57 Å². The highest BCUT2D eigenvalue weighted by Gasteiger charge is 2.08. The fourth-order valence-corrected chi connectivity index (χ4v) is 2.12. The number of rotatable bonds is 6. The Labute approximate surface area is 89.0 Å². The van der Waals surface area contributed by atoms with Crippen LogP contribution < -0.4 is 5.48 Å². The molecule has 0 radical (unpaired) electrons. The van der Waals surface area contributed by atoms with Gasteiger partial charge in [-0.25, -0.2) is 0 Å². The van der Waals surface area contributed by atoms with Crippen LogP contribution in [0.2, 0.25) is 0 Å². The molecule has 0 saturated carbocycles. The predicted octanol–water partition coefficient (Wildman–Crippen LogP) is 2.29. The van der Waals surface area contributed by atoms with Crippen LogP contribution in [0.25, 0.3) is 0 Å². The molecule has 1 atom stereocenters. The first kappa shape index (κ1) is 11.7. The second-order valence-electron chi connectivity index (χ2n) is 3.15. The molecule has 80 valence electrons. The summed E-state index contributed by atoms with van der Waals surface area (Å²) in [4.78, 5) is 6.57. The van der Waals surface area contributed by atoms with Crippen molar-refractivity contribution in [1.29, 1.82) is 0 Å². The average molecular weight is 215 g/mol. The lowest BCUT2D eigenvalue weighted by atomic mass is 10.2. The first-order valence-electron chi connectivity index (χ1n) is 4.66. The van der Waals surface area contributed by atoms with Gasteiger partial charge in [0.2, 0.25) is 0 Å². The van der Waals surface area contributed by atoms with E-state index in [2.05, 4.69) is 30.8 Å². The summed E-state index contributed by atoms with van der Waals surface area (Å²) >= 11 is 1.75. The number of methoxy groups -OCH3 is 1. The average Bonchev–Trinajstić information content (AvgIpc) is 2.59. The van der Waals surface area contributed by atoms with Gasteiger partial charge in [-0.3, -0.25) is 4.84 Å². The maximum absolute atomic E-state index is 5.25. The zero-order valence-electron chi connectivity index (χ0n) is 8.87. The van der Waals surface area contributed by atoms with Gasteiger partial charge in [0.25, 0.3) is 0 Å². The van der Waals surface area contributed by atoms with Crippen molar-refractivity contribution in [1.82, 2.24) is 5.48 Å². The summed E-state index contributed by atoms with van der Waals surface area (Å²) in [6, 6.07) is 2.36. The lowest BCUT2D eigenvalue weighted by Crippen LogP contribution is -2.21. The third-order valence-electron chi connectivity index (χ3n) is 1.94. The van der Waals surface area contributed by atoms with Crippen molar-refractivity contribution in [2.24, 2.45) is 0 Å². The highest BCUT2D eigenvalue weighted by atomic mass is 32.1. The molecule has 1 aromatic heterocycles. The van der Waals surface area contributed by atoms with Crippen LogP contribution in [0.3, 0.4) is 0 Å². The highest BCUT2D eigenvalue weighted by molar-refractivity contribution is 7.10. The van der Waals surface area contributed by atoms with Crippen LogP contribution in [0.1, 0.15) is 23.4 Å². The Morgan fingerprint density at radius 2 is 2.29 bits per heavy atom. The second-order valence-corrected chi connectivity index (χ2v) is 4.10. The van der Waals surface area contributed by atoms with Gasteiger partial charge in [0.05, 0.1) is 19.3 Å². The van der Waals surface area contributed by atoms with Crippen molar-refractivity contribution in [3.8, 4) is 0 Å². The first-order valence-corrected chi connectivity index (χ1v) is 5.54. The molecule has 0 amide bonds. The summed E-state index contributed by atoms with van der Waals surface area (Å²) in [5, 5.41) is 2.10. The van der Waals surface area contributed by atoms with E-state index in [0.29, 0.717) is 13.2 Å². The van der Waals surface area contributed by atoms with Gasteiger partial charge in [-0.2, -0.15) is 5.48 Å². The number of nitrogens with one attached hydrogen (secondary N) is 1. The minimum atomic E-state index is 0.242. The molecule has 1 rings (SSSR count). The molecule has 0 aliphatic rings. The van der Waals surface area contributed by atoms with Gasteiger partial charge in [-0.05, 0) is 30.9 Å². The fraction of sp³-hybridized carbons (Fsp3) is 0.600. The Hall–Kier alpha value is -0.420. The molecule has 0 aromatic carbocycles. The molecule has 1 heterocycles. The number of aryl methyl sites for hydroxylation is 1. The van der Waals surface area contributed by atoms with E-state index in [0.717, 1.165) is 0 Å². The zero-order valence-corrected chi connectivity index (χ0v) is 9.69. The van der Waals surface area contributed by atoms with E-state index < -0.39 is 0 Å². The quantitative estimate of drug-likeness (QED) is 0.583. The van der Waals surface area contributed by atoms with E-state index in [9.17, 15) is 0 Å². The summed E-state index contributed by atoms with van der Waals surface area (Å²) in [5.74, 6) is 0. The fourth-order valence-electron chi connectivity index (χ4n) is 1.19. The normalized spacial score (nSPS) is 13.1. The van der Waals surface area contributed by atoms with Crippen LogP contribution in [0.5, 0.6) is 0 Å². The van der Waals surface area contributed by atoms with Gasteiger partial charge in [0.1, 0.15) is 0 Å².